The van der Waals surface area contributed by atoms with E-state index in [1.165, 1.54) is 18.3 Å². The van der Waals surface area contributed by atoms with Crippen molar-refractivity contribution in [3.8, 4) is 16.9 Å². The summed E-state index contributed by atoms with van der Waals surface area (Å²) in [6.45, 7) is 3.89. The van der Waals surface area contributed by atoms with Crippen molar-refractivity contribution in [3.05, 3.63) is 46.4 Å². The zero-order chi connectivity index (χ0) is 20.7. The van der Waals surface area contributed by atoms with Gasteiger partial charge in [0.25, 0.3) is 0 Å². The molecule has 1 aliphatic carbocycles. The van der Waals surface area contributed by atoms with E-state index in [0.717, 1.165) is 17.4 Å². The van der Waals surface area contributed by atoms with Crippen molar-refractivity contribution in [3.63, 3.8) is 0 Å². The summed E-state index contributed by atoms with van der Waals surface area (Å²) in [5.74, 6) is 1.03. The van der Waals surface area contributed by atoms with E-state index in [-0.39, 0.29) is 10.6 Å². The molecule has 0 aliphatic heterocycles. The van der Waals surface area contributed by atoms with Crippen LogP contribution in [0.5, 0.6) is 5.75 Å². The number of hydrogen-bond acceptors (Lipinski definition) is 4. The van der Waals surface area contributed by atoms with Gasteiger partial charge in [0.2, 0.25) is 5.56 Å². The number of hydrogen-bond donors (Lipinski definition) is 0. The third-order valence-electron chi connectivity index (χ3n) is 4.83. The van der Waals surface area contributed by atoms with Crippen LogP contribution in [0.3, 0.4) is 0 Å². The van der Waals surface area contributed by atoms with Crippen molar-refractivity contribution in [2.75, 3.05) is 12.4 Å². The predicted molar refractivity (Wildman–Crippen MR) is 112 cm³/mol. The van der Waals surface area contributed by atoms with Crippen LogP contribution in [0.25, 0.3) is 11.1 Å². The molecule has 6 radical (unpaired) electrons. The van der Waals surface area contributed by atoms with E-state index in [1.54, 1.807) is 26.0 Å². The number of rotatable bonds is 7. The van der Waals surface area contributed by atoms with E-state index in [9.17, 15) is 13.2 Å². The molecule has 2 aromatic rings. The van der Waals surface area contributed by atoms with Gasteiger partial charge in [0.05, 0.1) is 40.8 Å². The van der Waals surface area contributed by atoms with Crippen molar-refractivity contribution in [2.45, 2.75) is 36.8 Å². The molecular formula is C19H20B3NO4S. The maximum atomic E-state index is 12.4. The summed E-state index contributed by atoms with van der Waals surface area (Å²) < 4.78 is 31.7. The number of benzene rings is 1. The van der Waals surface area contributed by atoms with Crippen LogP contribution in [0.1, 0.15) is 25.3 Å². The molecule has 1 heterocycles. The van der Waals surface area contributed by atoms with Crippen molar-refractivity contribution in [1.82, 2.24) is 4.57 Å². The summed E-state index contributed by atoms with van der Waals surface area (Å²) in [5, 5.41) is -1.89. The normalized spacial score (nSPS) is 14.8. The molecule has 1 aromatic heterocycles. The first-order chi connectivity index (χ1) is 13.0. The van der Waals surface area contributed by atoms with Crippen LogP contribution in [0, 0.1) is 12.8 Å². The second-order valence-electron chi connectivity index (χ2n) is 7.28. The molecule has 0 bridgehead atoms. The molecular weight excluding hydrogens is 371 g/mol. The van der Waals surface area contributed by atoms with Crippen molar-refractivity contribution < 1.29 is 13.2 Å². The van der Waals surface area contributed by atoms with Gasteiger partial charge >= 0.3 is 0 Å². The monoisotopic (exact) mass is 391 g/mol. The third-order valence-corrected chi connectivity index (χ3v) is 6.56. The molecule has 1 aromatic carbocycles. The lowest BCUT2D eigenvalue weighted by molar-refractivity contribution is 0.301. The average Bonchev–Trinajstić information content (AvgIpc) is 3.43. The Bertz CT molecular complexity index is 1050. The summed E-state index contributed by atoms with van der Waals surface area (Å²) in [6, 6.07) is 6.11. The molecule has 28 heavy (non-hydrogen) atoms. The standard InChI is InChI=1S/C19H20B3NO4S/c1-3-28(25,26)14-6-7-17(27-11-13-4-5-13)15(9-14)16-10-23(19(20,21)22)18(24)8-12(16)2/h6-10,13H,3-5,11H2,1-2H3. The number of aromatic nitrogens is 1. The Morgan fingerprint density at radius 1 is 1.18 bits per heavy atom. The zero-order valence-electron chi connectivity index (χ0n) is 16.0. The van der Waals surface area contributed by atoms with Gasteiger partial charge in [0, 0.05) is 23.4 Å². The SMILES string of the molecule is [B]C([B])([B])n1cc(-c2cc(S(=O)(=O)CC)ccc2OCC2CC2)c(C)cc1=O. The van der Waals surface area contributed by atoms with Gasteiger partial charge in [-0.05, 0) is 49.4 Å². The van der Waals surface area contributed by atoms with E-state index in [0.29, 0.717) is 35.0 Å². The molecule has 0 atom stereocenters. The van der Waals surface area contributed by atoms with E-state index in [2.05, 4.69) is 0 Å². The van der Waals surface area contributed by atoms with Crippen LogP contribution < -0.4 is 10.3 Å². The molecule has 0 N–H and O–H groups in total. The van der Waals surface area contributed by atoms with Crippen LogP contribution in [0.2, 0.25) is 0 Å². The molecule has 9 heteroatoms. The van der Waals surface area contributed by atoms with Crippen LogP contribution in [-0.4, -0.2) is 48.9 Å². The van der Waals surface area contributed by atoms with E-state index in [4.69, 9.17) is 28.3 Å². The molecule has 1 aliphatic rings. The van der Waals surface area contributed by atoms with Crippen molar-refractivity contribution in [2.24, 2.45) is 5.92 Å². The molecule has 140 valence electrons. The average molecular weight is 391 g/mol. The van der Waals surface area contributed by atoms with Crippen molar-refractivity contribution in [1.29, 1.82) is 0 Å². The molecule has 1 saturated carbocycles. The molecule has 5 nitrogen and oxygen atoms in total. The topological polar surface area (TPSA) is 65.4 Å². The predicted octanol–water partition coefficient (Wildman–Crippen LogP) is 1.48. The van der Waals surface area contributed by atoms with Gasteiger partial charge < -0.3 is 9.30 Å². The number of ether oxygens (including phenoxy) is 1. The van der Waals surface area contributed by atoms with Gasteiger partial charge in [-0.15, -0.1) is 0 Å². The number of aryl methyl sites for hydroxylation is 1. The minimum Gasteiger partial charge on any atom is -0.493 e. The highest BCUT2D eigenvalue weighted by atomic mass is 32.2. The van der Waals surface area contributed by atoms with Crippen LogP contribution in [0.4, 0.5) is 0 Å². The minimum absolute atomic E-state index is 0.0231. The van der Waals surface area contributed by atoms with Crippen LogP contribution >= 0.6 is 0 Å². The summed E-state index contributed by atoms with van der Waals surface area (Å²) in [7, 11) is 13.7. The Kier molecular flexibility index (Phi) is 5.59. The first kappa shape index (κ1) is 20.8. The molecule has 0 saturated heterocycles. The zero-order valence-corrected chi connectivity index (χ0v) is 16.8. The smallest absolute Gasteiger partial charge is 0.249 e. The van der Waals surface area contributed by atoms with Gasteiger partial charge in [-0.2, -0.15) is 0 Å². The summed E-state index contributed by atoms with van der Waals surface area (Å²) in [6.07, 6.45) is 3.69. The fourth-order valence-electron chi connectivity index (χ4n) is 2.91. The molecule has 1 fully saturated rings. The van der Waals surface area contributed by atoms with E-state index < -0.39 is 20.6 Å². The Hall–Kier alpha value is -1.89. The molecule has 0 spiro atoms. The fraction of sp³-hybridized carbons (Fsp3) is 0.421. The lowest BCUT2D eigenvalue weighted by Crippen LogP contribution is -2.42. The molecule has 0 unspecified atom stereocenters. The van der Waals surface area contributed by atoms with Gasteiger partial charge in [-0.25, -0.2) is 8.42 Å². The second-order valence-corrected chi connectivity index (χ2v) is 9.56. The van der Waals surface area contributed by atoms with Gasteiger partial charge in [-0.1, -0.05) is 12.2 Å². The fourth-order valence-corrected chi connectivity index (χ4v) is 3.82. The molecule has 0 amide bonds. The number of pyridine rings is 1. The lowest BCUT2D eigenvalue weighted by Gasteiger charge is -2.26. The largest absolute Gasteiger partial charge is 0.493 e. The highest BCUT2D eigenvalue weighted by Gasteiger charge is 2.24. The number of nitrogens with zero attached hydrogens (tertiary/aromatic N) is 1. The quantitative estimate of drug-likeness (QED) is 0.672. The van der Waals surface area contributed by atoms with Crippen LogP contribution in [-0.2, 0) is 15.1 Å². The maximum absolute atomic E-state index is 12.4. The Morgan fingerprint density at radius 2 is 1.86 bits per heavy atom. The first-order valence-electron chi connectivity index (χ1n) is 9.13. The van der Waals surface area contributed by atoms with Gasteiger partial charge in [0.1, 0.15) is 5.75 Å². The second kappa shape index (κ2) is 7.50. The highest BCUT2D eigenvalue weighted by Crippen LogP contribution is 2.36. The Labute approximate surface area is 169 Å². The molecule has 3 rings (SSSR count). The number of sulfone groups is 1. The summed E-state index contributed by atoms with van der Waals surface area (Å²) >= 11 is 0. The first-order valence-corrected chi connectivity index (χ1v) is 10.8. The third kappa shape index (κ3) is 4.40. The maximum Gasteiger partial charge on any atom is 0.249 e. The Balaban J connectivity index is 2.19. The van der Waals surface area contributed by atoms with Gasteiger partial charge in [0.15, 0.2) is 9.84 Å². The van der Waals surface area contributed by atoms with Crippen LogP contribution in [0.15, 0.2) is 40.2 Å². The highest BCUT2D eigenvalue weighted by molar-refractivity contribution is 7.91. The van der Waals surface area contributed by atoms with Gasteiger partial charge in [-0.3, -0.25) is 4.79 Å². The summed E-state index contributed by atoms with van der Waals surface area (Å²) in [5.41, 5.74) is 1.30. The Morgan fingerprint density at radius 3 is 2.43 bits per heavy atom. The summed E-state index contributed by atoms with van der Waals surface area (Å²) in [4.78, 5) is 12.4. The minimum atomic E-state index is -3.42. The lowest BCUT2D eigenvalue weighted by atomic mass is 9.49. The van der Waals surface area contributed by atoms with E-state index in [1.807, 2.05) is 0 Å². The van der Waals surface area contributed by atoms with E-state index >= 15 is 0 Å². The van der Waals surface area contributed by atoms with Crippen molar-refractivity contribution >= 4 is 33.4 Å².